The van der Waals surface area contributed by atoms with E-state index in [0.29, 0.717) is 19.6 Å². The second kappa shape index (κ2) is 6.78. The summed E-state index contributed by atoms with van der Waals surface area (Å²) in [5.41, 5.74) is 0.508. The topological polar surface area (TPSA) is 78.1 Å². The summed E-state index contributed by atoms with van der Waals surface area (Å²) in [6, 6.07) is 10.5. The molecule has 0 aliphatic carbocycles. The van der Waals surface area contributed by atoms with Gasteiger partial charge in [-0.1, -0.05) is 18.2 Å². The Bertz CT molecular complexity index is 855. The summed E-state index contributed by atoms with van der Waals surface area (Å²) in [6.45, 7) is 0.759. The van der Waals surface area contributed by atoms with Crippen LogP contribution in [0.5, 0.6) is 0 Å². The van der Waals surface area contributed by atoms with Crippen LogP contribution in [0.4, 0.5) is 4.79 Å². The molecule has 1 amide bonds. The van der Waals surface area contributed by atoms with Crippen molar-refractivity contribution in [2.45, 2.75) is 6.42 Å². The Morgan fingerprint density at radius 1 is 1.22 bits per heavy atom. The molecule has 0 atom stereocenters. The van der Waals surface area contributed by atoms with Crippen molar-refractivity contribution in [2.75, 3.05) is 13.2 Å². The van der Waals surface area contributed by atoms with Crippen molar-refractivity contribution in [1.29, 1.82) is 0 Å². The zero-order chi connectivity index (χ0) is 16.1. The zero-order valence-electron chi connectivity index (χ0n) is 12.4. The van der Waals surface area contributed by atoms with E-state index in [-0.39, 0.29) is 11.6 Å². The lowest BCUT2D eigenvalue weighted by Crippen LogP contribution is -2.31. The summed E-state index contributed by atoms with van der Waals surface area (Å²) < 4.78 is 2.64. The number of rotatable bonds is 5. The van der Waals surface area contributed by atoms with Crippen LogP contribution in [0.3, 0.4) is 0 Å². The number of nitrogens with zero attached hydrogens (tertiary/aromatic N) is 3. The lowest BCUT2D eigenvalue weighted by molar-refractivity contribution is 0.110. The van der Waals surface area contributed by atoms with Gasteiger partial charge in [0.05, 0.1) is 5.52 Å². The first-order chi connectivity index (χ1) is 11.3. The number of benzene rings is 1. The molecule has 7 heteroatoms. The number of hydrogen-bond donors (Lipinski definition) is 1. The first-order valence-electron chi connectivity index (χ1n) is 7.26. The van der Waals surface area contributed by atoms with E-state index in [0.717, 1.165) is 10.9 Å². The van der Waals surface area contributed by atoms with Gasteiger partial charge in [-0.3, -0.25) is 9.36 Å². The van der Waals surface area contributed by atoms with Gasteiger partial charge < -0.3 is 10.2 Å². The van der Waals surface area contributed by atoms with Crippen molar-refractivity contribution in [1.82, 2.24) is 19.6 Å². The van der Waals surface area contributed by atoms with E-state index in [4.69, 9.17) is 4.84 Å². The highest BCUT2D eigenvalue weighted by Gasteiger charge is 2.04. The van der Waals surface area contributed by atoms with Gasteiger partial charge in [0.15, 0.2) is 0 Å². The minimum Gasteiger partial charge on any atom is -0.410 e. The van der Waals surface area contributed by atoms with Crippen molar-refractivity contribution >= 4 is 16.9 Å². The van der Waals surface area contributed by atoms with Crippen molar-refractivity contribution in [3.63, 3.8) is 0 Å². The molecule has 7 nitrogen and oxygen atoms in total. The van der Waals surface area contributed by atoms with Crippen LogP contribution < -0.4 is 15.7 Å². The fourth-order valence-electron chi connectivity index (χ4n) is 2.19. The van der Waals surface area contributed by atoms with Crippen LogP contribution in [0.1, 0.15) is 6.42 Å². The zero-order valence-corrected chi connectivity index (χ0v) is 12.4. The largest absolute Gasteiger partial charge is 0.410 e. The van der Waals surface area contributed by atoms with E-state index in [1.807, 2.05) is 24.3 Å². The van der Waals surface area contributed by atoms with Gasteiger partial charge in [0.1, 0.15) is 12.9 Å². The van der Waals surface area contributed by atoms with Crippen molar-refractivity contribution in [3.05, 3.63) is 65.5 Å². The van der Waals surface area contributed by atoms with Crippen molar-refractivity contribution < 1.29 is 9.63 Å². The minimum absolute atomic E-state index is 0.217. The highest BCUT2D eigenvalue weighted by Crippen LogP contribution is 2.09. The van der Waals surface area contributed by atoms with Crippen LogP contribution in [0.15, 0.2) is 59.9 Å². The summed E-state index contributed by atoms with van der Waals surface area (Å²) in [5, 5.41) is 3.67. The Labute approximate surface area is 132 Å². The van der Waals surface area contributed by atoms with Crippen LogP contribution >= 0.6 is 0 Å². The van der Waals surface area contributed by atoms with E-state index in [2.05, 4.69) is 10.3 Å². The molecule has 0 bridgehead atoms. The third kappa shape index (κ3) is 3.39. The molecule has 1 aromatic carbocycles. The summed E-state index contributed by atoms with van der Waals surface area (Å²) >= 11 is 0. The number of para-hydroxylation sites is 1. The number of pyridine rings is 1. The Balaban J connectivity index is 1.54. The minimum atomic E-state index is -0.246. The molecule has 0 aliphatic rings. The smallest absolute Gasteiger partial charge is 0.326 e. The lowest BCUT2D eigenvalue weighted by atomic mass is 10.2. The summed E-state index contributed by atoms with van der Waals surface area (Å²) in [7, 11) is 0. The molecule has 0 spiro atoms. The lowest BCUT2D eigenvalue weighted by Gasteiger charge is -2.11. The number of carbonyl (C=O) groups is 1. The molecular weight excluding hydrogens is 296 g/mol. The highest BCUT2D eigenvalue weighted by atomic mass is 16.7. The normalized spacial score (nSPS) is 10.6. The van der Waals surface area contributed by atoms with Gasteiger partial charge in [-0.2, -0.15) is 0 Å². The fourth-order valence-corrected chi connectivity index (χ4v) is 2.19. The van der Waals surface area contributed by atoms with E-state index >= 15 is 0 Å². The standard InChI is InChI=1S/C16H16N4O3/c21-15-7-6-13-4-1-2-5-14(13)20(15)23-11-3-8-18-16(22)19-10-9-17-12-19/h1-2,4-7,9-10,12H,3,8,11H2,(H,18,22). The van der Waals surface area contributed by atoms with Crippen LogP contribution in [0.2, 0.25) is 0 Å². The SMILES string of the molecule is O=C(NCCCOn1c(=O)ccc2ccccc21)n1ccnc1. The average molecular weight is 312 g/mol. The van der Waals surface area contributed by atoms with Crippen molar-refractivity contribution in [2.24, 2.45) is 0 Å². The summed E-state index contributed by atoms with van der Waals surface area (Å²) in [6.07, 6.45) is 5.12. The summed E-state index contributed by atoms with van der Waals surface area (Å²) in [4.78, 5) is 33.0. The van der Waals surface area contributed by atoms with E-state index < -0.39 is 0 Å². The molecule has 2 aromatic heterocycles. The molecule has 118 valence electrons. The molecule has 0 fully saturated rings. The molecule has 1 N–H and O–H groups in total. The van der Waals surface area contributed by atoms with Crippen LogP contribution in [0.25, 0.3) is 10.9 Å². The Kier molecular flexibility index (Phi) is 4.37. The second-order valence-electron chi connectivity index (χ2n) is 4.91. The van der Waals surface area contributed by atoms with Gasteiger partial charge in [0.2, 0.25) is 0 Å². The first-order valence-corrected chi connectivity index (χ1v) is 7.26. The maximum Gasteiger partial charge on any atom is 0.326 e. The Morgan fingerprint density at radius 2 is 2.09 bits per heavy atom. The average Bonchev–Trinajstić information content (AvgIpc) is 3.11. The Hall–Kier alpha value is -3.09. The van der Waals surface area contributed by atoms with Gasteiger partial charge in [0, 0.05) is 36.8 Å². The van der Waals surface area contributed by atoms with Gasteiger partial charge >= 0.3 is 6.03 Å². The highest BCUT2D eigenvalue weighted by molar-refractivity contribution is 5.78. The van der Waals surface area contributed by atoms with E-state index in [9.17, 15) is 9.59 Å². The predicted molar refractivity (Wildman–Crippen MR) is 85.3 cm³/mol. The van der Waals surface area contributed by atoms with Crippen LogP contribution in [0, 0.1) is 0 Å². The third-order valence-corrected chi connectivity index (χ3v) is 3.32. The maximum atomic E-state index is 11.9. The number of amides is 1. The van der Waals surface area contributed by atoms with Crippen molar-refractivity contribution in [3.8, 4) is 0 Å². The van der Waals surface area contributed by atoms with Gasteiger partial charge in [-0.05, 0) is 12.1 Å². The molecule has 0 aliphatic heterocycles. The molecule has 0 saturated carbocycles. The number of hydrogen-bond acceptors (Lipinski definition) is 4. The van der Waals surface area contributed by atoms with Crippen LogP contribution in [-0.4, -0.2) is 33.5 Å². The third-order valence-electron chi connectivity index (χ3n) is 3.32. The number of nitrogens with one attached hydrogen (secondary N) is 1. The fraction of sp³-hybridized carbons (Fsp3) is 0.188. The number of imidazole rings is 1. The first kappa shape index (κ1) is 14.8. The molecule has 3 aromatic rings. The number of carbonyl (C=O) groups excluding carboxylic acids is 1. The Morgan fingerprint density at radius 3 is 2.91 bits per heavy atom. The van der Waals surface area contributed by atoms with Gasteiger partial charge in [0.25, 0.3) is 5.56 Å². The monoisotopic (exact) mass is 312 g/mol. The molecule has 0 unspecified atom stereocenters. The molecule has 0 saturated heterocycles. The molecule has 23 heavy (non-hydrogen) atoms. The van der Waals surface area contributed by atoms with Crippen LogP contribution in [-0.2, 0) is 0 Å². The molecule has 3 rings (SSSR count). The number of aromatic nitrogens is 3. The predicted octanol–water partition coefficient (Wildman–Crippen LogP) is 1.27. The van der Waals surface area contributed by atoms with E-state index in [1.165, 1.54) is 27.9 Å². The quantitative estimate of drug-likeness (QED) is 0.720. The molecular formula is C16H16N4O3. The maximum absolute atomic E-state index is 11.9. The second-order valence-corrected chi connectivity index (χ2v) is 4.91. The summed E-state index contributed by atoms with van der Waals surface area (Å²) in [5.74, 6) is 0. The number of fused-ring (bicyclic) bond motifs is 1. The van der Waals surface area contributed by atoms with Gasteiger partial charge in [-0.25, -0.2) is 9.78 Å². The van der Waals surface area contributed by atoms with Gasteiger partial charge in [-0.15, -0.1) is 4.73 Å². The molecule has 0 radical (unpaired) electrons. The molecule has 2 heterocycles. The van der Waals surface area contributed by atoms with E-state index in [1.54, 1.807) is 12.3 Å².